The summed E-state index contributed by atoms with van der Waals surface area (Å²) >= 11 is 14.7. The van der Waals surface area contributed by atoms with E-state index in [1.54, 1.807) is 30.4 Å². The lowest BCUT2D eigenvalue weighted by Gasteiger charge is -2.14. The van der Waals surface area contributed by atoms with Crippen LogP contribution in [-0.4, -0.2) is 23.0 Å². The molecule has 0 radical (unpaired) electrons. The van der Waals surface area contributed by atoms with Crippen molar-refractivity contribution in [2.45, 2.75) is 20.0 Å². The van der Waals surface area contributed by atoms with Gasteiger partial charge in [0.1, 0.15) is 9.88 Å². The fourth-order valence-corrected chi connectivity index (χ4v) is 4.27. The van der Waals surface area contributed by atoms with Gasteiger partial charge in [-0.3, -0.25) is 4.79 Å². The molecule has 0 aliphatic carbocycles. The Morgan fingerprint density at radius 1 is 1.26 bits per heavy atom. The molecular weight excluding hydrogens is 427 g/mol. The van der Waals surface area contributed by atoms with E-state index in [1.807, 2.05) is 17.5 Å². The maximum absolute atomic E-state index is 12.5. The molecule has 1 amide bonds. The molecule has 1 atom stereocenters. The number of nitrogens with zero attached hydrogens (tertiary/aromatic N) is 1. The first-order valence-corrected chi connectivity index (χ1v) is 10.3. The summed E-state index contributed by atoms with van der Waals surface area (Å²) in [6.45, 7) is 3.23. The number of nitrogens with one attached hydrogen (secondary N) is 1. The van der Waals surface area contributed by atoms with Gasteiger partial charge in [-0.2, -0.15) is 0 Å². The molecule has 9 heteroatoms. The molecule has 0 fully saturated rings. The van der Waals surface area contributed by atoms with E-state index in [1.165, 1.54) is 24.3 Å². The highest BCUT2D eigenvalue weighted by Crippen LogP contribution is 2.31. The molecule has 1 aromatic carbocycles. The van der Waals surface area contributed by atoms with Crippen LogP contribution in [0.2, 0.25) is 10.0 Å². The molecule has 2 aromatic heterocycles. The highest BCUT2D eigenvalue weighted by molar-refractivity contribution is 7.22. The first kappa shape index (κ1) is 19.8. The van der Waals surface area contributed by atoms with E-state index in [-0.39, 0.29) is 0 Å². The average molecular weight is 441 g/mol. The standard InChI is InChI=1S/C18H14Cl2N2O3S2/c1-9-15(27-17(21-9)14-4-3-7-26-14)18(24)25-10(2)16(23)22-13-8-11(19)5-6-12(13)20/h3-8,10H,1-2H3,(H,22,23). The van der Waals surface area contributed by atoms with Crippen LogP contribution in [-0.2, 0) is 9.53 Å². The van der Waals surface area contributed by atoms with E-state index in [2.05, 4.69) is 10.3 Å². The lowest BCUT2D eigenvalue weighted by atomic mass is 10.3. The second kappa shape index (κ2) is 8.39. The fraction of sp³-hybridized carbons (Fsp3) is 0.167. The fourth-order valence-electron chi connectivity index (χ4n) is 2.19. The normalized spacial score (nSPS) is 11.9. The average Bonchev–Trinajstić information content (AvgIpc) is 3.27. The quantitative estimate of drug-likeness (QED) is 0.518. The van der Waals surface area contributed by atoms with Gasteiger partial charge in [0.2, 0.25) is 0 Å². The molecule has 0 saturated carbocycles. The lowest BCUT2D eigenvalue weighted by molar-refractivity contribution is -0.123. The van der Waals surface area contributed by atoms with E-state index in [4.69, 9.17) is 27.9 Å². The molecule has 0 aliphatic rings. The zero-order chi connectivity index (χ0) is 19.6. The van der Waals surface area contributed by atoms with E-state index in [0.717, 1.165) is 9.88 Å². The number of hydrogen-bond acceptors (Lipinski definition) is 6. The molecule has 1 unspecified atom stereocenters. The maximum atomic E-state index is 12.5. The van der Waals surface area contributed by atoms with Crippen molar-refractivity contribution >= 4 is 63.4 Å². The molecule has 0 bridgehead atoms. The monoisotopic (exact) mass is 440 g/mol. The molecule has 0 aliphatic heterocycles. The van der Waals surface area contributed by atoms with Crippen molar-refractivity contribution in [1.29, 1.82) is 0 Å². The molecule has 0 saturated heterocycles. The molecular formula is C18H14Cl2N2O3S2. The van der Waals surface area contributed by atoms with Gasteiger partial charge in [-0.05, 0) is 43.5 Å². The van der Waals surface area contributed by atoms with Crippen molar-refractivity contribution in [3.63, 3.8) is 0 Å². The van der Waals surface area contributed by atoms with Crippen LogP contribution in [0, 0.1) is 6.92 Å². The van der Waals surface area contributed by atoms with Crippen LogP contribution in [0.25, 0.3) is 9.88 Å². The Bertz CT molecular complexity index is 987. The van der Waals surface area contributed by atoms with E-state index in [0.29, 0.717) is 26.3 Å². The summed E-state index contributed by atoms with van der Waals surface area (Å²) in [6.07, 6.45) is -1.01. The van der Waals surface area contributed by atoms with Crippen LogP contribution in [0.3, 0.4) is 0 Å². The Hall–Kier alpha value is -1.93. The second-order valence-corrected chi connectivity index (χ2v) is 8.36. The number of rotatable bonds is 5. The third-order valence-electron chi connectivity index (χ3n) is 3.55. The molecule has 1 N–H and O–H groups in total. The van der Waals surface area contributed by atoms with Gasteiger partial charge in [-0.25, -0.2) is 9.78 Å². The molecule has 3 rings (SSSR count). The number of thiophene rings is 1. The number of esters is 1. The number of hydrogen-bond donors (Lipinski definition) is 1. The van der Waals surface area contributed by atoms with Gasteiger partial charge in [0.25, 0.3) is 5.91 Å². The van der Waals surface area contributed by atoms with Crippen molar-refractivity contribution in [3.05, 3.63) is 56.3 Å². The largest absolute Gasteiger partial charge is 0.448 e. The SMILES string of the molecule is Cc1nc(-c2cccs2)sc1C(=O)OC(C)C(=O)Nc1cc(Cl)ccc1Cl. The number of aryl methyl sites for hydroxylation is 1. The van der Waals surface area contributed by atoms with Crippen LogP contribution in [0.15, 0.2) is 35.7 Å². The number of amides is 1. The number of thiazole rings is 1. The molecule has 3 aromatic rings. The predicted molar refractivity (Wildman–Crippen MR) is 110 cm³/mol. The topological polar surface area (TPSA) is 68.3 Å². The van der Waals surface area contributed by atoms with Gasteiger partial charge in [0.05, 0.1) is 21.3 Å². The van der Waals surface area contributed by atoms with Gasteiger partial charge in [0, 0.05) is 5.02 Å². The first-order valence-electron chi connectivity index (χ1n) is 7.83. The molecule has 27 heavy (non-hydrogen) atoms. The minimum absolute atomic E-state index is 0.338. The second-order valence-electron chi connectivity index (χ2n) is 5.57. The maximum Gasteiger partial charge on any atom is 0.351 e. The number of aromatic nitrogens is 1. The van der Waals surface area contributed by atoms with Crippen LogP contribution in [0.5, 0.6) is 0 Å². The zero-order valence-electron chi connectivity index (χ0n) is 14.3. The van der Waals surface area contributed by atoms with E-state index >= 15 is 0 Å². The van der Waals surface area contributed by atoms with E-state index < -0.39 is 18.0 Å². The van der Waals surface area contributed by atoms with Crippen molar-refractivity contribution in [1.82, 2.24) is 4.98 Å². The summed E-state index contributed by atoms with van der Waals surface area (Å²) < 4.78 is 5.30. The number of halogens is 2. The van der Waals surface area contributed by atoms with Crippen molar-refractivity contribution in [2.24, 2.45) is 0 Å². The number of benzene rings is 1. The Morgan fingerprint density at radius 2 is 2.04 bits per heavy atom. The lowest BCUT2D eigenvalue weighted by Crippen LogP contribution is -2.30. The Balaban J connectivity index is 1.68. The van der Waals surface area contributed by atoms with Crippen LogP contribution in [0.1, 0.15) is 22.3 Å². The van der Waals surface area contributed by atoms with Gasteiger partial charge in [-0.1, -0.05) is 29.3 Å². The van der Waals surface area contributed by atoms with Crippen LogP contribution in [0.4, 0.5) is 5.69 Å². The Morgan fingerprint density at radius 3 is 2.74 bits per heavy atom. The number of ether oxygens (including phenoxy) is 1. The van der Waals surface area contributed by atoms with E-state index in [9.17, 15) is 9.59 Å². The van der Waals surface area contributed by atoms with Gasteiger partial charge in [-0.15, -0.1) is 22.7 Å². The highest BCUT2D eigenvalue weighted by Gasteiger charge is 2.24. The van der Waals surface area contributed by atoms with Crippen molar-refractivity contribution in [2.75, 3.05) is 5.32 Å². The number of carbonyl (C=O) groups excluding carboxylic acids is 2. The Kier molecular flexibility index (Phi) is 6.16. The third kappa shape index (κ3) is 4.68. The minimum Gasteiger partial charge on any atom is -0.448 e. The Labute approximate surface area is 173 Å². The van der Waals surface area contributed by atoms with Gasteiger partial charge >= 0.3 is 5.97 Å². The first-order chi connectivity index (χ1) is 12.8. The highest BCUT2D eigenvalue weighted by atomic mass is 35.5. The van der Waals surface area contributed by atoms with Gasteiger partial charge in [0.15, 0.2) is 6.10 Å². The summed E-state index contributed by atoms with van der Waals surface area (Å²) in [5.74, 6) is -1.10. The minimum atomic E-state index is -1.01. The van der Waals surface area contributed by atoms with Crippen molar-refractivity contribution < 1.29 is 14.3 Å². The van der Waals surface area contributed by atoms with Crippen LogP contribution >= 0.6 is 45.9 Å². The smallest absolute Gasteiger partial charge is 0.351 e. The third-order valence-corrected chi connectivity index (χ3v) is 6.29. The molecule has 140 valence electrons. The van der Waals surface area contributed by atoms with Crippen LogP contribution < -0.4 is 5.32 Å². The van der Waals surface area contributed by atoms with Crippen molar-refractivity contribution in [3.8, 4) is 9.88 Å². The summed E-state index contributed by atoms with van der Waals surface area (Å²) in [5.41, 5.74) is 0.921. The molecule has 0 spiro atoms. The number of anilines is 1. The summed E-state index contributed by atoms with van der Waals surface area (Å²) in [4.78, 5) is 30.5. The summed E-state index contributed by atoms with van der Waals surface area (Å²) in [7, 11) is 0. The summed E-state index contributed by atoms with van der Waals surface area (Å²) in [5, 5.41) is 6.07. The summed E-state index contributed by atoms with van der Waals surface area (Å²) in [6, 6.07) is 8.56. The predicted octanol–water partition coefficient (Wildman–Crippen LogP) is 5.67. The molecule has 5 nitrogen and oxygen atoms in total. The zero-order valence-corrected chi connectivity index (χ0v) is 17.4. The molecule has 2 heterocycles. The number of carbonyl (C=O) groups is 2. The van der Waals surface area contributed by atoms with Gasteiger partial charge < -0.3 is 10.1 Å².